The summed E-state index contributed by atoms with van der Waals surface area (Å²) in [5.74, 6) is 2.10. The molecule has 7 nitrogen and oxygen atoms in total. The van der Waals surface area contributed by atoms with Crippen LogP contribution in [0.5, 0.6) is 6.01 Å². The lowest BCUT2D eigenvalue weighted by Gasteiger charge is -2.31. The first-order chi connectivity index (χ1) is 13.2. The topological polar surface area (TPSA) is 79.8 Å². The molecule has 0 radical (unpaired) electrons. The van der Waals surface area contributed by atoms with Crippen molar-refractivity contribution in [2.24, 2.45) is 0 Å². The average molecular weight is 364 g/mol. The highest BCUT2D eigenvalue weighted by atomic mass is 16.5. The van der Waals surface area contributed by atoms with Crippen LogP contribution in [-0.2, 0) is 6.54 Å². The average Bonchev–Trinajstić information content (AvgIpc) is 3.21. The molecule has 0 amide bonds. The minimum Gasteiger partial charge on any atom is -0.467 e. The third kappa shape index (κ3) is 3.98. The number of aromatic nitrogens is 5. The Morgan fingerprint density at radius 1 is 1.22 bits per heavy atom. The van der Waals surface area contributed by atoms with Gasteiger partial charge in [-0.05, 0) is 26.3 Å². The zero-order valence-corrected chi connectivity index (χ0v) is 15.7. The molecule has 1 aliphatic heterocycles. The van der Waals surface area contributed by atoms with Gasteiger partial charge in [0.25, 0.3) is 0 Å². The molecule has 1 aromatic carbocycles. The van der Waals surface area contributed by atoms with E-state index in [0.29, 0.717) is 11.9 Å². The molecule has 0 spiro atoms. The molecule has 1 unspecified atom stereocenters. The van der Waals surface area contributed by atoms with E-state index in [2.05, 4.69) is 25.1 Å². The summed E-state index contributed by atoms with van der Waals surface area (Å²) in [6, 6.07) is 10.5. The van der Waals surface area contributed by atoms with Crippen LogP contribution in [0.15, 0.2) is 36.5 Å². The molecule has 1 atom stereocenters. The molecule has 4 rings (SSSR count). The second kappa shape index (κ2) is 7.84. The highest BCUT2D eigenvalue weighted by Gasteiger charge is 2.25. The molecule has 0 saturated carbocycles. The summed E-state index contributed by atoms with van der Waals surface area (Å²) in [5.41, 5.74) is 3.15. The summed E-state index contributed by atoms with van der Waals surface area (Å²) < 4.78 is 5.10. The fourth-order valence-corrected chi connectivity index (χ4v) is 3.56. The van der Waals surface area contributed by atoms with Gasteiger partial charge in [0, 0.05) is 42.0 Å². The largest absolute Gasteiger partial charge is 0.467 e. The molecular weight excluding hydrogens is 340 g/mol. The number of hydrogen-bond donors (Lipinski definition) is 1. The van der Waals surface area contributed by atoms with E-state index in [1.165, 1.54) is 0 Å². The molecular formula is C20H24N6O. The minimum absolute atomic E-state index is 0.364. The molecule has 1 N–H and O–H groups in total. The van der Waals surface area contributed by atoms with Crippen molar-refractivity contribution in [3.8, 4) is 17.4 Å². The summed E-state index contributed by atoms with van der Waals surface area (Å²) in [7, 11) is 1.59. The highest BCUT2D eigenvalue weighted by molar-refractivity contribution is 5.53. The van der Waals surface area contributed by atoms with Gasteiger partial charge in [-0.3, -0.25) is 10.00 Å². The third-order valence-corrected chi connectivity index (χ3v) is 5.06. The van der Waals surface area contributed by atoms with Gasteiger partial charge in [-0.2, -0.15) is 5.10 Å². The van der Waals surface area contributed by atoms with Crippen LogP contribution < -0.4 is 4.74 Å². The molecule has 7 heteroatoms. The molecule has 140 valence electrons. The normalized spacial score (nSPS) is 17.8. The van der Waals surface area contributed by atoms with Gasteiger partial charge < -0.3 is 4.74 Å². The number of aromatic amines is 1. The van der Waals surface area contributed by atoms with Crippen molar-refractivity contribution >= 4 is 0 Å². The number of nitrogens with zero attached hydrogens (tertiary/aromatic N) is 5. The Morgan fingerprint density at radius 2 is 2.07 bits per heavy atom. The number of rotatable bonds is 5. The van der Waals surface area contributed by atoms with Crippen LogP contribution in [-0.4, -0.2) is 50.2 Å². The maximum absolute atomic E-state index is 5.10. The Balaban J connectivity index is 1.45. The van der Waals surface area contributed by atoms with Crippen molar-refractivity contribution < 1.29 is 4.74 Å². The van der Waals surface area contributed by atoms with Gasteiger partial charge >= 0.3 is 6.01 Å². The number of ether oxygens (including phenoxy) is 1. The summed E-state index contributed by atoms with van der Waals surface area (Å²) in [6.45, 7) is 4.87. The maximum Gasteiger partial charge on any atom is 0.316 e. The molecule has 1 saturated heterocycles. The number of piperidine rings is 1. The lowest BCUT2D eigenvalue weighted by Crippen LogP contribution is -2.34. The summed E-state index contributed by atoms with van der Waals surface area (Å²) in [4.78, 5) is 15.8. The van der Waals surface area contributed by atoms with E-state index >= 15 is 0 Å². The van der Waals surface area contributed by atoms with Crippen molar-refractivity contribution in [2.75, 3.05) is 20.2 Å². The molecule has 0 aliphatic carbocycles. The number of likely N-dealkylation sites (tertiary alicyclic amines) is 1. The first-order valence-corrected chi connectivity index (χ1v) is 9.29. The van der Waals surface area contributed by atoms with Gasteiger partial charge in [0.2, 0.25) is 0 Å². The molecule has 27 heavy (non-hydrogen) atoms. The standard InChI is InChI=1S/C20H24N6O/c1-14-17(11-21-20(22-14)27-2)13-26-10-6-9-16(12-26)19-23-18(24-25-19)15-7-4-3-5-8-15/h3-5,7-8,11,16H,6,9-10,12-13H2,1-2H3,(H,23,24,25). The van der Waals surface area contributed by atoms with E-state index in [4.69, 9.17) is 9.72 Å². The molecule has 1 fully saturated rings. The van der Waals surface area contributed by atoms with Crippen molar-refractivity contribution in [2.45, 2.75) is 32.2 Å². The second-order valence-corrected chi connectivity index (χ2v) is 6.95. The Kier molecular flexibility index (Phi) is 5.11. The van der Waals surface area contributed by atoms with E-state index in [1.54, 1.807) is 7.11 Å². The molecule has 2 aromatic heterocycles. The van der Waals surface area contributed by atoms with E-state index in [0.717, 1.165) is 60.9 Å². The van der Waals surface area contributed by atoms with Crippen LogP contribution in [0.4, 0.5) is 0 Å². The van der Waals surface area contributed by atoms with E-state index < -0.39 is 0 Å². The van der Waals surface area contributed by atoms with Crippen molar-refractivity contribution in [3.63, 3.8) is 0 Å². The van der Waals surface area contributed by atoms with Crippen molar-refractivity contribution in [1.29, 1.82) is 0 Å². The van der Waals surface area contributed by atoms with Gasteiger partial charge in [0.05, 0.1) is 7.11 Å². The third-order valence-electron chi connectivity index (χ3n) is 5.06. The Morgan fingerprint density at radius 3 is 2.85 bits per heavy atom. The monoisotopic (exact) mass is 364 g/mol. The van der Waals surface area contributed by atoms with E-state index in [9.17, 15) is 0 Å². The van der Waals surface area contributed by atoms with Crippen LogP contribution in [0, 0.1) is 6.92 Å². The zero-order valence-electron chi connectivity index (χ0n) is 15.7. The second-order valence-electron chi connectivity index (χ2n) is 6.95. The minimum atomic E-state index is 0.364. The number of nitrogens with one attached hydrogen (secondary N) is 1. The Labute approximate surface area is 158 Å². The van der Waals surface area contributed by atoms with Crippen LogP contribution >= 0.6 is 0 Å². The number of benzene rings is 1. The number of H-pyrrole nitrogens is 1. The van der Waals surface area contributed by atoms with Crippen LogP contribution in [0.25, 0.3) is 11.4 Å². The fourth-order valence-electron chi connectivity index (χ4n) is 3.56. The zero-order chi connectivity index (χ0) is 18.6. The first kappa shape index (κ1) is 17.6. The Hall–Kier alpha value is -2.80. The molecule has 1 aliphatic rings. The number of hydrogen-bond acceptors (Lipinski definition) is 6. The van der Waals surface area contributed by atoms with Crippen molar-refractivity contribution in [1.82, 2.24) is 30.0 Å². The number of methoxy groups -OCH3 is 1. The Bertz CT molecular complexity index is 894. The maximum atomic E-state index is 5.10. The molecule has 3 aromatic rings. The van der Waals surface area contributed by atoms with Crippen LogP contribution in [0.3, 0.4) is 0 Å². The van der Waals surface area contributed by atoms with Crippen molar-refractivity contribution in [3.05, 3.63) is 53.6 Å². The predicted octanol–water partition coefficient (Wildman–Crippen LogP) is 2.96. The SMILES string of the molecule is COc1ncc(CN2CCCC(c3nc(-c4ccccc4)n[nH]3)C2)c(C)n1. The molecule has 3 heterocycles. The summed E-state index contributed by atoms with van der Waals surface area (Å²) >= 11 is 0. The van der Waals surface area contributed by atoms with Crippen LogP contribution in [0.1, 0.15) is 35.8 Å². The fraction of sp³-hybridized carbons (Fsp3) is 0.400. The predicted molar refractivity (Wildman–Crippen MR) is 102 cm³/mol. The smallest absolute Gasteiger partial charge is 0.316 e. The van der Waals surface area contributed by atoms with E-state index in [1.807, 2.05) is 43.5 Å². The number of aryl methyl sites for hydroxylation is 1. The highest BCUT2D eigenvalue weighted by Crippen LogP contribution is 2.27. The lowest BCUT2D eigenvalue weighted by molar-refractivity contribution is 0.196. The van der Waals surface area contributed by atoms with Gasteiger partial charge in [-0.1, -0.05) is 30.3 Å². The van der Waals surface area contributed by atoms with Gasteiger partial charge in [-0.25, -0.2) is 15.0 Å². The lowest BCUT2D eigenvalue weighted by atomic mass is 9.97. The summed E-state index contributed by atoms with van der Waals surface area (Å²) in [5, 5.41) is 7.57. The summed E-state index contributed by atoms with van der Waals surface area (Å²) in [6.07, 6.45) is 4.13. The van der Waals surface area contributed by atoms with Gasteiger partial charge in [-0.15, -0.1) is 0 Å². The molecule has 0 bridgehead atoms. The first-order valence-electron chi connectivity index (χ1n) is 9.29. The van der Waals surface area contributed by atoms with E-state index in [-0.39, 0.29) is 0 Å². The van der Waals surface area contributed by atoms with Gasteiger partial charge in [0.15, 0.2) is 5.82 Å². The quantitative estimate of drug-likeness (QED) is 0.750. The van der Waals surface area contributed by atoms with Crippen LogP contribution in [0.2, 0.25) is 0 Å². The van der Waals surface area contributed by atoms with Gasteiger partial charge in [0.1, 0.15) is 5.82 Å².